The van der Waals surface area contributed by atoms with Crippen molar-refractivity contribution in [2.45, 2.75) is 45.4 Å². The molecule has 0 unspecified atom stereocenters. The fourth-order valence-electron chi connectivity index (χ4n) is 2.46. The molecule has 23 heavy (non-hydrogen) atoms. The van der Waals surface area contributed by atoms with Crippen LogP contribution in [0.3, 0.4) is 0 Å². The number of oxazole rings is 1. The maximum absolute atomic E-state index is 12.0. The predicted molar refractivity (Wildman–Crippen MR) is 87.3 cm³/mol. The van der Waals surface area contributed by atoms with Gasteiger partial charge < -0.3 is 10.2 Å². The van der Waals surface area contributed by atoms with Gasteiger partial charge in [-0.15, -0.1) is 0 Å². The van der Waals surface area contributed by atoms with Crippen molar-refractivity contribution in [2.75, 3.05) is 0 Å². The Morgan fingerprint density at radius 3 is 2.43 bits per heavy atom. The van der Waals surface area contributed by atoms with E-state index in [1.807, 2.05) is 18.2 Å². The van der Waals surface area contributed by atoms with Gasteiger partial charge in [-0.05, 0) is 31.7 Å². The van der Waals surface area contributed by atoms with Crippen molar-refractivity contribution in [1.29, 1.82) is 0 Å². The summed E-state index contributed by atoms with van der Waals surface area (Å²) in [7, 11) is 0. The van der Waals surface area contributed by atoms with Crippen LogP contribution in [0, 0.1) is 6.92 Å². The van der Waals surface area contributed by atoms with E-state index in [4.69, 9.17) is 10.2 Å². The summed E-state index contributed by atoms with van der Waals surface area (Å²) in [4.78, 5) is 26.9. The summed E-state index contributed by atoms with van der Waals surface area (Å²) in [6.07, 6.45) is 5.42. The van der Waals surface area contributed by atoms with Crippen LogP contribution in [-0.4, -0.2) is 16.7 Å². The smallest absolute Gasteiger partial charge is 0.270 e. The summed E-state index contributed by atoms with van der Waals surface area (Å²) in [6, 6.07) is 10.4. The minimum atomic E-state index is -0.675. The third-order valence-electron chi connectivity index (χ3n) is 3.73. The van der Waals surface area contributed by atoms with Gasteiger partial charge in [0.2, 0.25) is 5.78 Å². The number of amides is 1. The first-order valence-corrected chi connectivity index (χ1v) is 7.92. The number of carbonyl (C=O) groups excluding carboxylic acids is 2. The van der Waals surface area contributed by atoms with Gasteiger partial charge in [0.15, 0.2) is 5.69 Å². The van der Waals surface area contributed by atoms with Crippen LogP contribution in [-0.2, 0) is 6.42 Å². The number of aryl methyl sites for hydroxylation is 2. The second-order valence-electron chi connectivity index (χ2n) is 5.61. The Hall–Kier alpha value is -2.43. The van der Waals surface area contributed by atoms with E-state index in [2.05, 4.69) is 17.1 Å². The Bertz CT molecular complexity index is 662. The third-order valence-corrected chi connectivity index (χ3v) is 3.73. The highest BCUT2D eigenvalue weighted by Crippen LogP contribution is 2.14. The van der Waals surface area contributed by atoms with Crippen molar-refractivity contribution < 1.29 is 14.0 Å². The van der Waals surface area contributed by atoms with Crippen LogP contribution in [0.5, 0.6) is 0 Å². The molecule has 1 aromatic heterocycles. The zero-order valence-corrected chi connectivity index (χ0v) is 13.4. The summed E-state index contributed by atoms with van der Waals surface area (Å²) in [5.74, 6) is -0.570. The molecule has 0 fully saturated rings. The molecule has 0 aliphatic rings. The first-order chi connectivity index (χ1) is 11.1. The minimum absolute atomic E-state index is 0.0133. The molecule has 0 saturated heterocycles. The van der Waals surface area contributed by atoms with E-state index in [0.29, 0.717) is 12.2 Å². The second kappa shape index (κ2) is 8.27. The number of Topliss-reactive ketones (excluding diaryl/α,β-unsaturated/α-hetero) is 1. The number of hydrogen-bond donors (Lipinski definition) is 1. The number of rotatable bonds is 9. The molecule has 2 aromatic rings. The molecule has 1 amide bonds. The van der Waals surface area contributed by atoms with Gasteiger partial charge in [0, 0.05) is 6.42 Å². The number of carbonyl (C=O) groups is 2. The Kier molecular flexibility index (Phi) is 6.09. The zero-order chi connectivity index (χ0) is 16.7. The van der Waals surface area contributed by atoms with Crippen LogP contribution in [0.1, 0.15) is 64.6 Å². The summed E-state index contributed by atoms with van der Waals surface area (Å²) < 4.78 is 5.21. The van der Waals surface area contributed by atoms with Crippen molar-refractivity contribution in [3.05, 3.63) is 53.2 Å². The topological polar surface area (TPSA) is 86.2 Å². The average molecular weight is 314 g/mol. The molecule has 0 atom stereocenters. The minimum Gasteiger partial charge on any atom is -0.438 e. The standard InChI is InChI=1S/C18H22N2O3/c1-13-16(17(19)22)20-18(23-13)15(21)12-8-3-2-5-9-14-10-6-4-7-11-14/h4,6-7,10-11H,2-3,5,8-9,12H2,1H3,(H2,19,22). The molecule has 2 N–H and O–H groups in total. The number of aromatic nitrogens is 1. The molecule has 0 spiro atoms. The van der Waals surface area contributed by atoms with Gasteiger partial charge in [-0.2, -0.15) is 0 Å². The molecule has 1 aromatic carbocycles. The van der Waals surface area contributed by atoms with Crippen molar-refractivity contribution >= 4 is 11.7 Å². The molecule has 5 heteroatoms. The number of ketones is 1. The maximum atomic E-state index is 12.0. The van der Waals surface area contributed by atoms with E-state index >= 15 is 0 Å². The molecule has 0 aliphatic heterocycles. The quantitative estimate of drug-likeness (QED) is 0.567. The van der Waals surface area contributed by atoms with Crippen LogP contribution < -0.4 is 5.73 Å². The monoisotopic (exact) mass is 314 g/mol. The van der Waals surface area contributed by atoms with Gasteiger partial charge in [0.1, 0.15) is 5.76 Å². The first kappa shape index (κ1) is 16.9. The molecule has 0 radical (unpaired) electrons. The van der Waals surface area contributed by atoms with Crippen LogP contribution in [0.2, 0.25) is 0 Å². The molecular weight excluding hydrogens is 292 g/mol. The average Bonchev–Trinajstić information content (AvgIpc) is 2.94. The highest BCUT2D eigenvalue weighted by atomic mass is 16.4. The highest BCUT2D eigenvalue weighted by Gasteiger charge is 2.18. The predicted octanol–water partition coefficient (Wildman–Crippen LogP) is 3.46. The van der Waals surface area contributed by atoms with Crippen LogP contribution in [0.4, 0.5) is 0 Å². The Balaban J connectivity index is 1.67. The maximum Gasteiger partial charge on any atom is 0.270 e. The van der Waals surface area contributed by atoms with Crippen molar-refractivity contribution in [1.82, 2.24) is 4.98 Å². The molecule has 1 heterocycles. The number of nitrogens with two attached hydrogens (primary N) is 1. The van der Waals surface area contributed by atoms with Crippen molar-refractivity contribution in [2.24, 2.45) is 5.73 Å². The molecular formula is C18H22N2O3. The Morgan fingerprint density at radius 2 is 1.78 bits per heavy atom. The molecule has 0 aliphatic carbocycles. The fraction of sp³-hybridized carbons (Fsp3) is 0.389. The van der Waals surface area contributed by atoms with Gasteiger partial charge in [-0.3, -0.25) is 9.59 Å². The van der Waals surface area contributed by atoms with Crippen LogP contribution in [0.25, 0.3) is 0 Å². The SMILES string of the molecule is Cc1oc(C(=O)CCCCCCc2ccccc2)nc1C(N)=O. The number of benzene rings is 1. The lowest BCUT2D eigenvalue weighted by molar-refractivity contribution is 0.0944. The van der Waals surface area contributed by atoms with E-state index in [1.54, 1.807) is 6.92 Å². The Labute approximate surface area is 135 Å². The van der Waals surface area contributed by atoms with Crippen molar-refractivity contribution in [3.63, 3.8) is 0 Å². The van der Waals surface area contributed by atoms with E-state index in [-0.39, 0.29) is 17.4 Å². The van der Waals surface area contributed by atoms with Gasteiger partial charge in [-0.25, -0.2) is 4.98 Å². The largest absolute Gasteiger partial charge is 0.438 e. The lowest BCUT2D eigenvalue weighted by atomic mass is 10.0. The lowest BCUT2D eigenvalue weighted by Crippen LogP contribution is -2.13. The van der Waals surface area contributed by atoms with E-state index in [9.17, 15) is 9.59 Å². The Morgan fingerprint density at radius 1 is 1.09 bits per heavy atom. The summed E-state index contributed by atoms with van der Waals surface area (Å²) in [6.45, 7) is 1.58. The number of nitrogens with zero attached hydrogens (tertiary/aromatic N) is 1. The highest BCUT2D eigenvalue weighted by molar-refractivity contribution is 5.95. The van der Waals surface area contributed by atoms with Crippen LogP contribution >= 0.6 is 0 Å². The number of primary amides is 1. The third kappa shape index (κ3) is 5.06. The van der Waals surface area contributed by atoms with Crippen LogP contribution in [0.15, 0.2) is 34.7 Å². The van der Waals surface area contributed by atoms with E-state index in [1.165, 1.54) is 5.56 Å². The molecule has 0 bridgehead atoms. The summed E-state index contributed by atoms with van der Waals surface area (Å²) in [5.41, 5.74) is 6.54. The number of hydrogen-bond acceptors (Lipinski definition) is 4. The van der Waals surface area contributed by atoms with E-state index in [0.717, 1.165) is 32.1 Å². The van der Waals surface area contributed by atoms with Gasteiger partial charge in [0.25, 0.3) is 11.8 Å². The van der Waals surface area contributed by atoms with Crippen molar-refractivity contribution in [3.8, 4) is 0 Å². The summed E-state index contributed by atoms with van der Waals surface area (Å²) >= 11 is 0. The van der Waals surface area contributed by atoms with E-state index < -0.39 is 5.91 Å². The summed E-state index contributed by atoms with van der Waals surface area (Å²) in [5, 5.41) is 0. The van der Waals surface area contributed by atoms with Gasteiger partial charge in [0.05, 0.1) is 0 Å². The fourth-order valence-corrected chi connectivity index (χ4v) is 2.46. The molecule has 2 rings (SSSR count). The zero-order valence-electron chi connectivity index (χ0n) is 13.4. The van der Waals surface area contributed by atoms with Gasteiger partial charge >= 0.3 is 0 Å². The first-order valence-electron chi connectivity index (χ1n) is 7.92. The number of unbranched alkanes of at least 4 members (excludes halogenated alkanes) is 3. The molecule has 0 saturated carbocycles. The normalized spacial score (nSPS) is 10.7. The van der Waals surface area contributed by atoms with Gasteiger partial charge in [-0.1, -0.05) is 43.2 Å². The second-order valence-corrected chi connectivity index (χ2v) is 5.61. The molecule has 122 valence electrons. The molecule has 5 nitrogen and oxygen atoms in total. The lowest BCUT2D eigenvalue weighted by Gasteiger charge is -2.01.